The summed E-state index contributed by atoms with van der Waals surface area (Å²) in [7, 11) is 1.88. The predicted molar refractivity (Wildman–Crippen MR) is 112 cm³/mol. The quantitative estimate of drug-likeness (QED) is 0.588. The molecule has 2 aromatic rings. The van der Waals surface area contributed by atoms with Gasteiger partial charge in [-0.25, -0.2) is 4.39 Å². The van der Waals surface area contributed by atoms with Crippen molar-refractivity contribution in [2.75, 3.05) is 26.7 Å². The molecule has 0 unspecified atom stereocenters. The van der Waals surface area contributed by atoms with Crippen molar-refractivity contribution >= 4 is 17.5 Å². The number of nitrogens with zero attached hydrogens (tertiary/aromatic N) is 1. The van der Waals surface area contributed by atoms with E-state index in [1.807, 2.05) is 42.3 Å². The lowest BCUT2D eigenvalue weighted by atomic mass is 10.0. The minimum Gasteiger partial charge on any atom is -0.394 e. The molecule has 162 valence electrons. The summed E-state index contributed by atoms with van der Waals surface area (Å²) in [4.78, 5) is 14.4. The third-order valence-electron chi connectivity index (χ3n) is 5.39. The molecule has 1 heterocycles. The molecule has 1 fully saturated rings. The van der Waals surface area contributed by atoms with Gasteiger partial charge in [0.05, 0.1) is 23.8 Å². The van der Waals surface area contributed by atoms with Crippen LogP contribution in [0, 0.1) is 5.82 Å². The van der Waals surface area contributed by atoms with Crippen molar-refractivity contribution < 1.29 is 24.1 Å². The number of carbonyl (C=O) groups is 1. The van der Waals surface area contributed by atoms with E-state index in [4.69, 9.17) is 16.3 Å². The van der Waals surface area contributed by atoms with Crippen molar-refractivity contribution in [2.24, 2.45) is 0 Å². The summed E-state index contributed by atoms with van der Waals surface area (Å²) in [5.41, 5.74) is 1.40. The first-order valence-corrected chi connectivity index (χ1v) is 10.2. The number of amides is 1. The molecule has 0 aromatic heterocycles. The van der Waals surface area contributed by atoms with Gasteiger partial charge in [0.2, 0.25) is 0 Å². The number of hydrogen-bond acceptors (Lipinski definition) is 5. The van der Waals surface area contributed by atoms with Crippen molar-refractivity contribution in [3.05, 3.63) is 70.5 Å². The van der Waals surface area contributed by atoms with Crippen LogP contribution in [0.5, 0.6) is 0 Å². The molecule has 8 heteroatoms. The van der Waals surface area contributed by atoms with Gasteiger partial charge in [-0.2, -0.15) is 0 Å². The summed E-state index contributed by atoms with van der Waals surface area (Å²) in [5, 5.41) is 22.8. The van der Waals surface area contributed by atoms with Crippen LogP contribution in [0.1, 0.15) is 15.9 Å². The third-order valence-corrected chi connectivity index (χ3v) is 5.68. The van der Waals surface area contributed by atoms with Crippen molar-refractivity contribution in [3.8, 4) is 0 Å². The number of halogens is 2. The fraction of sp³-hybridized carbons (Fsp3) is 0.409. The monoisotopic (exact) mass is 436 g/mol. The first-order valence-electron chi connectivity index (χ1n) is 9.82. The molecule has 1 aliphatic rings. The van der Waals surface area contributed by atoms with Gasteiger partial charge in [0.1, 0.15) is 18.0 Å². The lowest BCUT2D eigenvalue weighted by Crippen LogP contribution is -2.50. The van der Waals surface area contributed by atoms with E-state index in [1.54, 1.807) is 0 Å². The summed E-state index contributed by atoms with van der Waals surface area (Å²) < 4.78 is 19.1. The third kappa shape index (κ3) is 5.36. The van der Waals surface area contributed by atoms with Crippen molar-refractivity contribution in [3.63, 3.8) is 0 Å². The van der Waals surface area contributed by atoms with Crippen LogP contribution in [0.3, 0.4) is 0 Å². The van der Waals surface area contributed by atoms with E-state index in [-0.39, 0.29) is 23.7 Å². The molecule has 1 aliphatic heterocycles. The molecular formula is C22H26ClFN2O4. The minimum atomic E-state index is -0.891. The number of benzene rings is 2. The lowest BCUT2D eigenvalue weighted by Gasteiger charge is -2.30. The zero-order valence-electron chi connectivity index (χ0n) is 16.7. The van der Waals surface area contributed by atoms with Crippen LogP contribution in [0.25, 0.3) is 0 Å². The second-order valence-corrected chi connectivity index (χ2v) is 7.84. The topological polar surface area (TPSA) is 82.0 Å². The number of ether oxygens (including phenoxy) is 1. The van der Waals surface area contributed by atoms with Crippen molar-refractivity contribution in [2.45, 2.75) is 30.8 Å². The Balaban J connectivity index is 1.63. The van der Waals surface area contributed by atoms with Gasteiger partial charge in [0.15, 0.2) is 0 Å². The average molecular weight is 437 g/mol. The maximum atomic E-state index is 13.3. The molecule has 0 radical (unpaired) electrons. The molecule has 4 atom stereocenters. The summed E-state index contributed by atoms with van der Waals surface area (Å²) >= 11 is 5.75. The van der Waals surface area contributed by atoms with Gasteiger partial charge in [-0.15, -0.1) is 0 Å². The smallest absolute Gasteiger partial charge is 0.251 e. The fourth-order valence-electron chi connectivity index (χ4n) is 3.72. The highest BCUT2D eigenvalue weighted by atomic mass is 35.5. The number of carbonyl (C=O) groups excluding carboxylic acids is 1. The summed E-state index contributed by atoms with van der Waals surface area (Å²) in [6.45, 7) is 0.481. The SMILES string of the molecule is CN(CCc1ccccc1)[C@H]1[C@H](O)[C@H](CO)O[C@@H]1CNC(=O)c1ccc(F)c(Cl)c1. The Hall–Kier alpha value is -2.03. The van der Waals surface area contributed by atoms with E-state index in [2.05, 4.69) is 5.32 Å². The van der Waals surface area contributed by atoms with E-state index < -0.39 is 36.1 Å². The Morgan fingerprint density at radius 3 is 2.63 bits per heavy atom. The van der Waals surface area contributed by atoms with Gasteiger partial charge < -0.3 is 20.3 Å². The maximum absolute atomic E-state index is 13.3. The molecule has 3 N–H and O–H groups in total. The largest absolute Gasteiger partial charge is 0.394 e. The number of hydrogen-bond donors (Lipinski definition) is 3. The average Bonchev–Trinajstić information content (AvgIpc) is 3.08. The van der Waals surface area contributed by atoms with Crippen LogP contribution in [0.4, 0.5) is 4.39 Å². The van der Waals surface area contributed by atoms with Gasteiger partial charge in [0.25, 0.3) is 5.91 Å². The van der Waals surface area contributed by atoms with Crippen molar-refractivity contribution in [1.82, 2.24) is 10.2 Å². The highest BCUT2D eigenvalue weighted by molar-refractivity contribution is 6.31. The normalized spacial score (nSPS) is 23.7. The van der Waals surface area contributed by atoms with E-state index in [0.29, 0.717) is 6.54 Å². The van der Waals surface area contributed by atoms with E-state index >= 15 is 0 Å². The number of aliphatic hydroxyl groups is 2. The maximum Gasteiger partial charge on any atom is 0.251 e. The zero-order valence-corrected chi connectivity index (χ0v) is 17.4. The van der Waals surface area contributed by atoms with Crippen molar-refractivity contribution in [1.29, 1.82) is 0 Å². The second-order valence-electron chi connectivity index (χ2n) is 7.43. The molecular weight excluding hydrogens is 411 g/mol. The van der Waals surface area contributed by atoms with Crippen LogP contribution >= 0.6 is 11.6 Å². The molecule has 1 saturated heterocycles. The Morgan fingerprint density at radius 2 is 1.97 bits per heavy atom. The molecule has 30 heavy (non-hydrogen) atoms. The Bertz CT molecular complexity index is 854. The molecule has 0 aliphatic carbocycles. The van der Waals surface area contributed by atoms with Gasteiger partial charge in [0, 0.05) is 18.7 Å². The fourth-order valence-corrected chi connectivity index (χ4v) is 3.90. The standard InChI is InChI=1S/C22H26ClFN2O4/c1-26(10-9-14-5-3-2-4-6-14)20-18(30-19(13-27)21(20)28)12-25-22(29)15-7-8-17(24)16(23)11-15/h2-8,11,18-21,27-28H,9-10,12-13H2,1H3,(H,25,29)/t18-,19+,20-,21-/m1/s1. The van der Waals surface area contributed by atoms with Crippen LogP contribution in [0.15, 0.2) is 48.5 Å². The van der Waals surface area contributed by atoms with E-state index in [9.17, 15) is 19.4 Å². The molecule has 2 aromatic carbocycles. The van der Waals surface area contributed by atoms with E-state index in [1.165, 1.54) is 17.7 Å². The number of likely N-dealkylation sites (N-methyl/N-ethyl adjacent to an activating group) is 1. The number of nitrogens with one attached hydrogen (secondary N) is 1. The van der Waals surface area contributed by atoms with Gasteiger partial charge >= 0.3 is 0 Å². The minimum absolute atomic E-state index is 0.127. The number of rotatable bonds is 8. The Labute approximate surface area is 180 Å². The van der Waals surface area contributed by atoms with Gasteiger partial charge in [-0.3, -0.25) is 9.69 Å². The Kier molecular flexibility index (Phi) is 7.80. The first kappa shape index (κ1) is 22.7. The van der Waals surface area contributed by atoms with E-state index in [0.717, 1.165) is 12.5 Å². The van der Waals surface area contributed by atoms with Gasteiger partial charge in [-0.05, 0) is 37.2 Å². The molecule has 0 spiro atoms. The van der Waals surface area contributed by atoms with Crippen LogP contribution in [-0.2, 0) is 11.2 Å². The molecule has 3 rings (SSSR count). The highest BCUT2D eigenvalue weighted by Crippen LogP contribution is 2.25. The lowest BCUT2D eigenvalue weighted by molar-refractivity contribution is -0.0209. The second kappa shape index (κ2) is 10.3. The molecule has 1 amide bonds. The van der Waals surface area contributed by atoms with Crippen LogP contribution in [-0.4, -0.2) is 72.1 Å². The number of aliphatic hydroxyl groups excluding tert-OH is 2. The zero-order chi connectivity index (χ0) is 21.7. The van der Waals surface area contributed by atoms with Gasteiger partial charge in [-0.1, -0.05) is 41.9 Å². The molecule has 6 nitrogen and oxygen atoms in total. The van der Waals surface area contributed by atoms with Crippen LogP contribution < -0.4 is 5.32 Å². The highest BCUT2D eigenvalue weighted by Gasteiger charge is 2.45. The molecule has 0 saturated carbocycles. The summed E-state index contributed by atoms with van der Waals surface area (Å²) in [6.07, 6.45) is -1.34. The summed E-state index contributed by atoms with van der Waals surface area (Å²) in [5.74, 6) is -1.02. The first-order chi connectivity index (χ1) is 14.4. The predicted octanol–water partition coefficient (Wildman–Crippen LogP) is 1.87. The Morgan fingerprint density at radius 1 is 1.23 bits per heavy atom. The van der Waals surface area contributed by atoms with Crippen LogP contribution in [0.2, 0.25) is 5.02 Å². The molecule has 0 bridgehead atoms. The summed E-state index contributed by atoms with van der Waals surface area (Å²) in [6, 6.07) is 13.3.